The maximum atomic E-state index is 6.38. The van der Waals surface area contributed by atoms with Crippen LogP contribution in [0.2, 0.25) is 5.02 Å². The summed E-state index contributed by atoms with van der Waals surface area (Å²) in [6, 6.07) is 7.82. The molecule has 24 heavy (non-hydrogen) atoms. The van der Waals surface area contributed by atoms with Crippen molar-refractivity contribution in [1.82, 2.24) is 5.16 Å². The van der Waals surface area contributed by atoms with Gasteiger partial charge in [-0.25, -0.2) is 0 Å². The highest BCUT2D eigenvalue weighted by Gasteiger charge is 2.77. The monoisotopic (exact) mass is 343 g/mol. The number of aromatic nitrogens is 1. The summed E-state index contributed by atoms with van der Waals surface area (Å²) in [6.07, 6.45) is 6.45. The quantitative estimate of drug-likeness (QED) is 0.717. The fourth-order valence-corrected chi connectivity index (χ4v) is 5.10. The second-order valence-electron chi connectivity index (χ2n) is 7.69. The molecular weight excluding hydrogens is 322 g/mol. The zero-order chi connectivity index (χ0) is 16.3. The smallest absolute Gasteiger partial charge is 0.142 e. The van der Waals surface area contributed by atoms with Crippen LogP contribution in [0, 0.1) is 17.3 Å². The van der Waals surface area contributed by atoms with Gasteiger partial charge in [-0.1, -0.05) is 41.9 Å². The zero-order valence-electron chi connectivity index (χ0n) is 13.9. The van der Waals surface area contributed by atoms with Gasteiger partial charge in [0.05, 0.1) is 17.7 Å². The van der Waals surface area contributed by atoms with Crippen molar-refractivity contribution in [2.75, 3.05) is 0 Å². The lowest BCUT2D eigenvalue weighted by atomic mass is 10.0. The van der Waals surface area contributed by atoms with E-state index in [1.807, 2.05) is 24.3 Å². The van der Waals surface area contributed by atoms with Crippen molar-refractivity contribution in [2.45, 2.75) is 51.7 Å². The molecule has 0 aliphatic heterocycles. The molecule has 4 atom stereocenters. The number of hydrogen-bond acceptors (Lipinski definition) is 3. The van der Waals surface area contributed by atoms with Gasteiger partial charge in [-0.2, -0.15) is 0 Å². The fourth-order valence-electron chi connectivity index (χ4n) is 4.87. The Labute approximate surface area is 147 Å². The number of benzene rings is 1. The number of halogens is 1. The molecule has 3 saturated carbocycles. The van der Waals surface area contributed by atoms with Gasteiger partial charge in [-0.05, 0) is 49.0 Å². The van der Waals surface area contributed by atoms with E-state index in [9.17, 15) is 0 Å². The summed E-state index contributed by atoms with van der Waals surface area (Å²) < 4.78 is 12.0. The predicted molar refractivity (Wildman–Crippen MR) is 92.8 cm³/mol. The number of hydrogen-bond donors (Lipinski definition) is 0. The molecule has 4 heteroatoms. The summed E-state index contributed by atoms with van der Waals surface area (Å²) in [6.45, 7) is 2.74. The molecular formula is C20H22ClNO2. The molecule has 1 aromatic heterocycles. The summed E-state index contributed by atoms with van der Waals surface area (Å²) in [7, 11) is 0. The summed E-state index contributed by atoms with van der Waals surface area (Å²) >= 11 is 6.38. The largest absolute Gasteiger partial charge is 0.373 e. The maximum Gasteiger partial charge on any atom is 0.142 e. The van der Waals surface area contributed by atoms with Gasteiger partial charge in [0.1, 0.15) is 11.5 Å². The molecule has 0 saturated heterocycles. The van der Waals surface area contributed by atoms with E-state index >= 15 is 0 Å². The predicted octanol–water partition coefficient (Wildman–Crippen LogP) is 5.26. The number of nitrogens with zero attached hydrogens (tertiary/aromatic N) is 1. The summed E-state index contributed by atoms with van der Waals surface area (Å²) in [5.41, 5.74) is 3.58. The number of aryl methyl sites for hydroxylation is 1. The Hall–Kier alpha value is -1.32. The normalized spacial score (nSPS) is 32.5. The molecule has 0 radical (unpaired) electrons. The van der Waals surface area contributed by atoms with Crippen molar-refractivity contribution in [3.05, 3.63) is 40.6 Å². The van der Waals surface area contributed by atoms with Crippen LogP contribution in [0.25, 0.3) is 11.3 Å². The minimum atomic E-state index is 0.437. The lowest BCUT2D eigenvalue weighted by Gasteiger charge is -2.15. The third-order valence-corrected chi connectivity index (χ3v) is 6.67. The fraction of sp³-hybridized carbons (Fsp3) is 0.550. The Balaban J connectivity index is 1.40. The summed E-state index contributed by atoms with van der Waals surface area (Å²) in [5.74, 6) is 2.72. The molecule has 3 nitrogen and oxygen atoms in total. The number of rotatable bonds is 6. The molecule has 126 valence electrons. The van der Waals surface area contributed by atoms with E-state index in [1.54, 1.807) is 0 Å². The molecule has 1 heterocycles. The second kappa shape index (κ2) is 5.34. The van der Waals surface area contributed by atoms with Crippen LogP contribution in [0.4, 0.5) is 0 Å². The molecule has 0 N–H and O–H groups in total. The van der Waals surface area contributed by atoms with E-state index in [4.69, 9.17) is 20.9 Å². The van der Waals surface area contributed by atoms with Gasteiger partial charge < -0.3 is 9.26 Å². The van der Waals surface area contributed by atoms with Gasteiger partial charge in [0.25, 0.3) is 0 Å². The average Bonchev–Trinajstić information content (AvgIpc) is 3.42. The van der Waals surface area contributed by atoms with Crippen molar-refractivity contribution in [3.8, 4) is 11.3 Å². The van der Waals surface area contributed by atoms with E-state index in [2.05, 4.69) is 12.1 Å². The van der Waals surface area contributed by atoms with Gasteiger partial charge in [-0.3, -0.25) is 0 Å². The van der Waals surface area contributed by atoms with Gasteiger partial charge in [-0.15, -0.1) is 0 Å². The van der Waals surface area contributed by atoms with Crippen molar-refractivity contribution in [3.63, 3.8) is 0 Å². The van der Waals surface area contributed by atoms with Crippen LogP contribution in [-0.4, -0.2) is 11.3 Å². The highest BCUT2D eigenvalue weighted by atomic mass is 35.5. The van der Waals surface area contributed by atoms with E-state index in [0.717, 1.165) is 52.7 Å². The van der Waals surface area contributed by atoms with Crippen LogP contribution in [0.5, 0.6) is 0 Å². The van der Waals surface area contributed by atoms with Crippen molar-refractivity contribution in [1.29, 1.82) is 0 Å². The Bertz CT molecular complexity index is 786. The third kappa shape index (κ3) is 2.18. The molecule has 3 aliphatic rings. The lowest BCUT2D eigenvalue weighted by molar-refractivity contribution is 0.0242. The molecule has 1 spiro atoms. The minimum absolute atomic E-state index is 0.437. The van der Waals surface area contributed by atoms with Gasteiger partial charge >= 0.3 is 0 Å². The van der Waals surface area contributed by atoms with Gasteiger partial charge in [0, 0.05) is 17.5 Å². The first-order valence-corrected chi connectivity index (χ1v) is 9.44. The van der Waals surface area contributed by atoms with Gasteiger partial charge in [0.2, 0.25) is 0 Å². The van der Waals surface area contributed by atoms with Crippen LogP contribution < -0.4 is 0 Å². The van der Waals surface area contributed by atoms with Crippen LogP contribution in [0.15, 0.2) is 28.8 Å². The average molecular weight is 344 g/mol. The SMILES string of the molecule is CCCc1onc(-c2ccccc2Cl)c1COC1CC2CC23CC13. The molecule has 0 amide bonds. The molecule has 5 rings (SSSR count). The van der Waals surface area contributed by atoms with Crippen LogP contribution >= 0.6 is 11.6 Å². The molecule has 0 bridgehead atoms. The van der Waals surface area contributed by atoms with Crippen molar-refractivity contribution in [2.24, 2.45) is 17.3 Å². The van der Waals surface area contributed by atoms with E-state index < -0.39 is 0 Å². The van der Waals surface area contributed by atoms with E-state index in [0.29, 0.717) is 17.7 Å². The van der Waals surface area contributed by atoms with Crippen LogP contribution in [0.1, 0.15) is 43.9 Å². The van der Waals surface area contributed by atoms with Crippen molar-refractivity contribution >= 4 is 11.6 Å². The highest BCUT2D eigenvalue weighted by molar-refractivity contribution is 6.33. The molecule has 1 aromatic carbocycles. The standard InChI is InChI=1S/C20H22ClNO2/c1-2-5-17-14(11-23-18-8-12-9-20(12)10-15(18)20)19(22-24-17)13-6-3-4-7-16(13)21/h3-4,6-7,12,15,18H,2,5,8-11H2,1H3. The molecule has 2 aromatic rings. The Morgan fingerprint density at radius 1 is 1.33 bits per heavy atom. The van der Waals surface area contributed by atoms with Crippen LogP contribution in [-0.2, 0) is 17.8 Å². The summed E-state index contributed by atoms with van der Waals surface area (Å²) in [5, 5.41) is 5.03. The molecule has 3 aliphatic carbocycles. The zero-order valence-corrected chi connectivity index (χ0v) is 14.7. The van der Waals surface area contributed by atoms with Crippen molar-refractivity contribution < 1.29 is 9.26 Å². The third-order valence-electron chi connectivity index (χ3n) is 6.34. The Kier molecular flexibility index (Phi) is 3.33. The number of ether oxygens (including phenoxy) is 1. The van der Waals surface area contributed by atoms with Gasteiger partial charge in [0.15, 0.2) is 0 Å². The van der Waals surface area contributed by atoms with Crippen LogP contribution in [0.3, 0.4) is 0 Å². The van der Waals surface area contributed by atoms with E-state index in [1.165, 1.54) is 19.3 Å². The summed E-state index contributed by atoms with van der Waals surface area (Å²) in [4.78, 5) is 0. The Morgan fingerprint density at radius 3 is 2.92 bits per heavy atom. The molecule has 4 unspecified atom stereocenters. The maximum absolute atomic E-state index is 6.38. The van der Waals surface area contributed by atoms with E-state index in [-0.39, 0.29) is 0 Å². The highest BCUT2D eigenvalue weighted by Crippen LogP contribution is 2.82. The first-order valence-electron chi connectivity index (χ1n) is 9.07. The molecule has 3 fully saturated rings. The minimum Gasteiger partial charge on any atom is -0.373 e. The first-order chi connectivity index (χ1) is 11.7. The first kappa shape index (κ1) is 15.0. The lowest BCUT2D eigenvalue weighted by Crippen LogP contribution is -2.14. The second-order valence-corrected chi connectivity index (χ2v) is 8.10. The Morgan fingerprint density at radius 2 is 2.21 bits per heavy atom. The topological polar surface area (TPSA) is 35.3 Å².